The van der Waals surface area contributed by atoms with Gasteiger partial charge in [0.15, 0.2) is 0 Å². The van der Waals surface area contributed by atoms with Crippen LogP contribution < -0.4 is 5.32 Å². The Bertz CT molecular complexity index is 907. The van der Waals surface area contributed by atoms with E-state index >= 15 is 0 Å². The van der Waals surface area contributed by atoms with Gasteiger partial charge in [0.1, 0.15) is 9.88 Å². The van der Waals surface area contributed by atoms with Gasteiger partial charge in [-0.25, -0.2) is 4.98 Å². The number of aromatic nitrogens is 1. The molecule has 2 heterocycles. The second kappa shape index (κ2) is 9.94. The highest BCUT2D eigenvalue weighted by molar-refractivity contribution is 7.17. The van der Waals surface area contributed by atoms with E-state index in [0.717, 1.165) is 40.4 Å². The van der Waals surface area contributed by atoms with Crippen LogP contribution in [0.5, 0.6) is 0 Å². The maximum Gasteiger partial charge on any atom is 0.265 e. The number of carbonyl (C=O) groups excluding carboxylic acids is 2. The maximum absolute atomic E-state index is 13.1. The number of benzene rings is 1. The van der Waals surface area contributed by atoms with Crippen molar-refractivity contribution in [2.24, 2.45) is 5.92 Å². The first kappa shape index (κ1) is 22.0. The summed E-state index contributed by atoms with van der Waals surface area (Å²) in [4.78, 5) is 32.8. The Balaban J connectivity index is 1.32. The van der Waals surface area contributed by atoms with Crippen molar-refractivity contribution in [2.45, 2.75) is 71.3 Å². The van der Waals surface area contributed by atoms with Crippen molar-refractivity contribution in [3.05, 3.63) is 40.4 Å². The topological polar surface area (TPSA) is 62.3 Å². The monoisotopic (exact) mass is 439 g/mol. The van der Waals surface area contributed by atoms with Crippen molar-refractivity contribution in [3.8, 4) is 10.6 Å². The van der Waals surface area contributed by atoms with Gasteiger partial charge in [-0.1, -0.05) is 44.0 Å². The molecule has 2 aromatic rings. The van der Waals surface area contributed by atoms with Crippen LogP contribution in [0.1, 0.15) is 72.8 Å². The smallest absolute Gasteiger partial charge is 0.265 e. The molecule has 1 aliphatic heterocycles. The number of aryl methyl sites for hydroxylation is 2. The molecule has 0 spiro atoms. The molecule has 2 amide bonds. The molecule has 31 heavy (non-hydrogen) atoms. The molecule has 5 nitrogen and oxygen atoms in total. The van der Waals surface area contributed by atoms with Gasteiger partial charge < -0.3 is 10.2 Å². The summed E-state index contributed by atoms with van der Waals surface area (Å²) in [5.41, 5.74) is 3.16. The number of likely N-dealkylation sites (tertiary alicyclic amines) is 1. The molecular weight excluding hydrogens is 406 g/mol. The number of carbonyl (C=O) groups is 2. The van der Waals surface area contributed by atoms with Crippen LogP contribution in [-0.2, 0) is 11.2 Å². The molecule has 1 N–H and O–H groups in total. The molecule has 0 unspecified atom stereocenters. The van der Waals surface area contributed by atoms with Gasteiger partial charge in [-0.3, -0.25) is 9.59 Å². The number of nitrogens with zero attached hydrogens (tertiary/aromatic N) is 2. The Hall–Kier alpha value is -2.21. The average Bonchev–Trinajstić information content (AvgIpc) is 3.43. The highest BCUT2D eigenvalue weighted by Crippen LogP contribution is 2.30. The van der Waals surface area contributed by atoms with E-state index in [4.69, 9.17) is 0 Å². The van der Waals surface area contributed by atoms with Crippen LogP contribution in [0.4, 0.5) is 0 Å². The van der Waals surface area contributed by atoms with E-state index in [1.54, 1.807) is 0 Å². The third-order valence-electron chi connectivity index (χ3n) is 6.70. The Morgan fingerprint density at radius 2 is 1.77 bits per heavy atom. The predicted octanol–water partition coefficient (Wildman–Crippen LogP) is 4.98. The van der Waals surface area contributed by atoms with Crippen molar-refractivity contribution >= 4 is 23.2 Å². The van der Waals surface area contributed by atoms with Gasteiger partial charge in [-0.05, 0) is 50.5 Å². The number of piperidine rings is 1. The van der Waals surface area contributed by atoms with Gasteiger partial charge in [0.05, 0.1) is 5.69 Å². The molecule has 2 aliphatic rings. The number of thiazole rings is 1. The van der Waals surface area contributed by atoms with Crippen LogP contribution in [-0.4, -0.2) is 40.8 Å². The van der Waals surface area contributed by atoms with Crippen molar-refractivity contribution < 1.29 is 9.59 Å². The van der Waals surface area contributed by atoms with Crippen molar-refractivity contribution in [1.82, 2.24) is 15.2 Å². The summed E-state index contributed by atoms with van der Waals surface area (Å²) in [6.45, 7) is 5.43. The van der Waals surface area contributed by atoms with Crippen LogP contribution in [0.15, 0.2) is 24.3 Å². The standard InChI is InChI=1S/C25H33N3O2S/c1-3-18-8-10-20(11-9-18)24-26-17(2)23(31-24)25(30)28-14-12-21(13-15-28)27-22(29)16-19-6-4-5-7-19/h8-11,19,21H,3-7,12-16H2,1-2H3,(H,27,29). The highest BCUT2D eigenvalue weighted by atomic mass is 32.1. The first-order chi connectivity index (χ1) is 15.0. The number of hydrogen-bond acceptors (Lipinski definition) is 4. The van der Waals surface area contributed by atoms with E-state index in [9.17, 15) is 9.59 Å². The molecule has 1 saturated heterocycles. The molecule has 4 rings (SSSR count). The van der Waals surface area contributed by atoms with E-state index in [-0.39, 0.29) is 17.9 Å². The quantitative estimate of drug-likeness (QED) is 0.690. The molecule has 0 atom stereocenters. The van der Waals surface area contributed by atoms with Gasteiger partial charge >= 0.3 is 0 Å². The summed E-state index contributed by atoms with van der Waals surface area (Å²) in [7, 11) is 0. The second-order valence-electron chi connectivity index (χ2n) is 8.97. The minimum Gasteiger partial charge on any atom is -0.353 e. The predicted molar refractivity (Wildman–Crippen MR) is 125 cm³/mol. The van der Waals surface area contributed by atoms with E-state index in [1.807, 2.05) is 11.8 Å². The lowest BCUT2D eigenvalue weighted by molar-refractivity contribution is -0.122. The van der Waals surface area contributed by atoms with E-state index < -0.39 is 0 Å². The zero-order chi connectivity index (χ0) is 21.8. The fourth-order valence-corrected chi connectivity index (χ4v) is 5.77. The Labute approximate surface area is 189 Å². The molecular formula is C25H33N3O2S. The van der Waals surface area contributed by atoms with Gasteiger partial charge in [-0.2, -0.15) is 0 Å². The van der Waals surface area contributed by atoms with E-state index in [2.05, 4.69) is 41.5 Å². The summed E-state index contributed by atoms with van der Waals surface area (Å²) in [6, 6.07) is 8.61. The zero-order valence-corrected chi connectivity index (χ0v) is 19.5. The van der Waals surface area contributed by atoms with Gasteiger partial charge in [0.2, 0.25) is 5.91 Å². The van der Waals surface area contributed by atoms with Gasteiger partial charge in [0.25, 0.3) is 5.91 Å². The van der Waals surface area contributed by atoms with Crippen LogP contribution in [0.25, 0.3) is 10.6 Å². The third kappa shape index (κ3) is 5.35. The maximum atomic E-state index is 13.1. The minimum absolute atomic E-state index is 0.0714. The second-order valence-corrected chi connectivity index (χ2v) is 9.97. The lowest BCUT2D eigenvalue weighted by Gasteiger charge is -2.32. The van der Waals surface area contributed by atoms with Gasteiger partial charge in [-0.15, -0.1) is 11.3 Å². The molecule has 1 aliphatic carbocycles. The molecule has 1 aromatic carbocycles. The summed E-state index contributed by atoms with van der Waals surface area (Å²) in [5.74, 6) is 0.833. The number of rotatable bonds is 6. The van der Waals surface area contributed by atoms with Crippen LogP contribution >= 0.6 is 11.3 Å². The average molecular weight is 440 g/mol. The third-order valence-corrected chi connectivity index (χ3v) is 7.89. The van der Waals surface area contributed by atoms with Crippen molar-refractivity contribution in [1.29, 1.82) is 0 Å². The molecule has 1 aromatic heterocycles. The molecule has 6 heteroatoms. The first-order valence-corrected chi connectivity index (χ1v) is 12.5. The number of hydrogen-bond donors (Lipinski definition) is 1. The molecule has 166 valence electrons. The van der Waals surface area contributed by atoms with Crippen LogP contribution in [0.3, 0.4) is 0 Å². The van der Waals surface area contributed by atoms with E-state index in [0.29, 0.717) is 25.4 Å². The lowest BCUT2D eigenvalue weighted by atomic mass is 10.0. The lowest BCUT2D eigenvalue weighted by Crippen LogP contribution is -2.46. The summed E-state index contributed by atoms with van der Waals surface area (Å²) >= 11 is 1.48. The highest BCUT2D eigenvalue weighted by Gasteiger charge is 2.28. The zero-order valence-electron chi connectivity index (χ0n) is 18.7. The summed E-state index contributed by atoms with van der Waals surface area (Å²) < 4.78 is 0. The first-order valence-electron chi connectivity index (χ1n) is 11.7. The Morgan fingerprint density at radius 1 is 1.10 bits per heavy atom. The largest absolute Gasteiger partial charge is 0.353 e. The SMILES string of the molecule is CCc1ccc(-c2nc(C)c(C(=O)N3CCC(NC(=O)CC4CCCC4)CC3)s2)cc1. The van der Waals surface area contributed by atoms with Crippen LogP contribution in [0, 0.1) is 12.8 Å². The fraction of sp³-hybridized carbons (Fsp3) is 0.560. The normalized spacial score (nSPS) is 17.8. The fourth-order valence-electron chi connectivity index (χ4n) is 4.74. The molecule has 2 fully saturated rings. The molecule has 0 radical (unpaired) electrons. The van der Waals surface area contributed by atoms with Crippen molar-refractivity contribution in [2.75, 3.05) is 13.1 Å². The summed E-state index contributed by atoms with van der Waals surface area (Å²) in [6.07, 6.45) is 8.25. The van der Waals surface area contributed by atoms with Crippen LogP contribution in [0.2, 0.25) is 0 Å². The number of amides is 2. The molecule has 1 saturated carbocycles. The van der Waals surface area contributed by atoms with Gasteiger partial charge in [0, 0.05) is 31.1 Å². The minimum atomic E-state index is 0.0714. The van der Waals surface area contributed by atoms with Crippen molar-refractivity contribution in [3.63, 3.8) is 0 Å². The Kier molecular flexibility index (Phi) is 7.06. The molecule has 0 bridgehead atoms. The number of nitrogens with one attached hydrogen (secondary N) is 1. The van der Waals surface area contributed by atoms with E-state index in [1.165, 1.54) is 42.6 Å². The Morgan fingerprint density at radius 3 is 2.42 bits per heavy atom. The summed E-state index contributed by atoms with van der Waals surface area (Å²) in [5, 5.41) is 4.11.